The molecular formula is C16H25NO3. The van der Waals surface area contributed by atoms with E-state index in [2.05, 4.69) is 5.32 Å². The largest absolute Gasteiger partial charge is 0.508 e. The average Bonchev–Trinajstić information content (AvgIpc) is 2.42. The molecule has 0 aromatic heterocycles. The van der Waals surface area contributed by atoms with Crippen LogP contribution in [0.5, 0.6) is 5.75 Å². The smallest absolute Gasteiger partial charge is 0.323 e. The van der Waals surface area contributed by atoms with Crippen LogP contribution in [0.3, 0.4) is 0 Å². The lowest BCUT2D eigenvalue weighted by Crippen LogP contribution is -2.43. The van der Waals surface area contributed by atoms with E-state index in [1.807, 2.05) is 39.8 Å². The monoisotopic (exact) mass is 279 g/mol. The van der Waals surface area contributed by atoms with Crippen molar-refractivity contribution in [2.45, 2.75) is 46.2 Å². The third kappa shape index (κ3) is 3.97. The minimum Gasteiger partial charge on any atom is -0.508 e. The molecule has 0 saturated carbocycles. The number of nitrogens with one attached hydrogen (secondary N) is 1. The van der Waals surface area contributed by atoms with E-state index >= 15 is 0 Å². The van der Waals surface area contributed by atoms with Crippen molar-refractivity contribution in [3.8, 4) is 5.75 Å². The minimum atomic E-state index is -0.374. The summed E-state index contributed by atoms with van der Waals surface area (Å²) in [7, 11) is 1.40. The molecule has 0 radical (unpaired) electrons. The van der Waals surface area contributed by atoms with Crippen molar-refractivity contribution in [2.24, 2.45) is 5.92 Å². The third-order valence-corrected chi connectivity index (χ3v) is 3.75. The summed E-state index contributed by atoms with van der Waals surface area (Å²) in [5.74, 6) is 0.146. The van der Waals surface area contributed by atoms with Gasteiger partial charge in [0.1, 0.15) is 11.8 Å². The maximum Gasteiger partial charge on any atom is 0.323 e. The van der Waals surface area contributed by atoms with Crippen molar-refractivity contribution in [1.29, 1.82) is 0 Å². The summed E-state index contributed by atoms with van der Waals surface area (Å²) in [6.07, 6.45) is 0.874. The van der Waals surface area contributed by atoms with Crippen LogP contribution in [-0.2, 0) is 9.53 Å². The Balaban J connectivity index is 2.90. The molecule has 1 aromatic rings. The highest BCUT2D eigenvalue weighted by atomic mass is 16.5. The van der Waals surface area contributed by atoms with E-state index in [4.69, 9.17) is 4.74 Å². The summed E-state index contributed by atoms with van der Waals surface area (Å²) in [5.41, 5.74) is 1.79. The van der Waals surface area contributed by atoms with Crippen LogP contribution in [0.15, 0.2) is 18.2 Å². The molecule has 0 aliphatic carbocycles. The molecule has 0 fully saturated rings. The van der Waals surface area contributed by atoms with Gasteiger partial charge in [0, 0.05) is 11.6 Å². The Hall–Kier alpha value is -1.55. The Morgan fingerprint density at radius 2 is 2.05 bits per heavy atom. The molecule has 4 heteroatoms. The van der Waals surface area contributed by atoms with E-state index in [-0.39, 0.29) is 29.7 Å². The van der Waals surface area contributed by atoms with Crippen LogP contribution in [0.2, 0.25) is 0 Å². The molecule has 3 unspecified atom stereocenters. The molecule has 0 aliphatic rings. The van der Waals surface area contributed by atoms with Gasteiger partial charge in [0.05, 0.1) is 7.11 Å². The van der Waals surface area contributed by atoms with Crippen LogP contribution in [0, 0.1) is 12.8 Å². The number of carbonyl (C=O) groups is 1. The first-order valence-electron chi connectivity index (χ1n) is 7.04. The average molecular weight is 279 g/mol. The molecule has 0 amide bonds. The standard InChI is InChI=1S/C16H25NO3/c1-6-11(3)15(16(19)20-5)17-12(4)13-8-7-10(2)9-14(13)18/h7-9,11-12,15,17-18H,6H2,1-5H3. The van der Waals surface area contributed by atoms with Crippen LogP contribution in [0.1, 0.15) is 44.4 Å². The summed E-state index contributed by atoms with van der Waals surface area (Å²) in [6.45, 7) is 7.91. The molecule has 0 spiro atoms. The van der Waals surface area contributed by atoms with Crippen molar-refractivity contribution in [3.05, 3.63) is 29.3 Å². The number of aryl methyl sites for hydroxylation is 1. The molecule has 112 valence electrons. The van der Waals surface area contributed by atoms with Gasteiger partial charge < -0.3 is 9.84 Å². The Labute approximate surface area is 121 Å². The predicted octanol–water partition coefficient (Wildman–Crippen LogP) is 2.94. The van der Waals surface area contributed by atoms with Crippen LogP contribution in [-0.4, -0.2) is 24.2 Å². The van der Waals surface area contributed by atoms with E-state index in [1.165, 1.54) is 7.11 Å². The van der Waals surface area contributed by atoms with Crippen molar-refractivity contribution < 1.29 is 14.6 Å². The number of esters is 1. The molecular weight excluding hydrogens is 254 g/mol. The lowest BCUT2D eigenvalue weighted by Gasteiger charge is -2.26. The zero-order chi connectivity index (χ0) is 15.3. The quantitative estimate of drug-likeness (QED) is 0.786. The molecule has 0 heterocycles. The second kappa shape index (κ2) is 7.29. The van der Waals surface area contributed by atoms with Crippen molar-refractivity contribution in [1.82, 2.24) is 5.32 Å². The van der Waals surface area contributed by atoms with Crippen LogP contribution < -0.4 is 5.32 Å². The van der Waals surface area contributed by atoms with E-state index in [0.29, 0.717) is 0 Å². The third-order valence-electron chi connectivity index (χ3n) is 3.75. The van der Waals surface area contributed by atoms with Gasteiger partial charge in [-0.25, -0.2) is 0 Å². The molecule has 0 bridgehead atoms. The van der Waals surface area contributed by atoms with Gasteiger partial charge in [-0.15, -0.1) is 0 Å². The van der Waals surface area contributed by atoms with Gasteiger partial charge in [0.15, 0.2) is 0 Å². The molecule has 1 rings (SSSR count). The fourth-order valence-electron chi connectivity index (χ4n) is 2.21. The van der Waals surface area contributed by atoms with Crippen LogP contribution in [0.4, 0.5) is 0 Å². The zero-order valence-electron chi connectivity index (χ0n) is 12.9. The van der Waals surface area contributed by atoms with Gasteiger partial charge in [-0.1, -0.05) is 32.4 Å². The van der Waals surface area contributed by atoms with Crippen LogP contribution in [0.25, 0.3) is 0 Å². The van der Waals surface area contributed by atoms with E-state index < -0.39 is 0 Å². The summed E-state index contributed by atoms with van der Waals surface area (Å²) in [5, 5.41) is 13.3. The predicted molar refractivity (Wildman–Crippen MR) is 79.7 cm³/mol. The molecule has 0 aliphatic heterocycles. The summed E-state index contributed by atoms with van der Waals surface area (Å²) in [6, 6.07) is 5.05. The number of hydrogen-bond acceptors (Lipinski definition) is 4. The Kier molecular flexibility index (Phi) is 6.02. The van der Waals surface area contributed by atoms with Gasteiger partial charge in [-0.3, -0.25) is 10.1 Å². The second-order valence-electron chi connectivity index (χ2n) is 5.34. The van der Waals surface area contributed by atoms with Gasteiger partial charge in [-0.2, -0.15) is 0 Å². The van der Waals surface area contributed by atoms with E-state index in [0.717, 1.165) is 17.5 Å². The maximum atomic E-state index is 11.9. The topological polar surface area (TPSA) is 58.6 Å². The number of aromatic hydroxyl groups is 1. The highest BCUT2D eigenvalue weighted by Crippen LogP contribution is 2.26. The normalized spacial score (nSPS) is 15.4. The van der Waals surface area contributed by atoms with Gasteiger partial charge in [0.2, 0.25) is 0 Å². The number of phenols is 1. The highest BCUT2D eigenvalue weighted by molar-refractivity contribution is 5.76. The summed E-state index contributed by atoms with van der Waals surface area (Å²) >= 11 is 0. The number of rotatable bonds is 6. The van der Waals surface area contributed by atoms with Crippen molar-refractivity contribution >= 4 is 5.97 Å². The van der Waals surface area contributed by atoms with Gasteiger partial charge in [0.25, 0.3) is 0 Å². The fourth-order valence-corrected chi connectivity index (χ4v) is 2.21. The molecule has 2 N–H and O–H groups in total. The lowest BCUT2D eigenvalue weighted by molar-refractivity contribution is -0.144. The summed E-state index contributed by atoms with van der Waals surface area (Å²) < 4.78 is 4.86. The number of methoxy groups -OCH3 is 1. The number of carbonyl (C=O) groups excluding carboxylic acids is 1. The van der Waals surface area contributed by atoms with Gasteiger partial charge >= 0.3 is 5.97 Å². The Morgan fingerprint density at radius 3 is 2.55 bits per heavy atom. The zero-order valence-corrected chi connectivity index (χ0v) is 12.9. The maximum absolute atomic E-state index is 11.9. The van der Waals surface area contributed by atoms with Crippen molar-refractivity contribution in [2.75, 3.05) is 7.11 Å². The lowest BCUT2D eigenvalue weighted by atomic mass is 9.96. The van der Waals surface area contributed by atoms with E-state index in [9.17, 15) is 9.90 Å². The van der Waals surface area contributed by atoms with Crippen LogP contribution >= 0.6 is 0 Å². The first kappa shape index (κ1) is 16.5. The van der Waals surface area contributed by atoms with E-state index in [1.54, 1.807) is 6.07 Å². The first-order valence-corrected chi connectivity index (χ1v) is 7.04. The van der Waals surface area contributed by atoms with Crippen molar-refractivity contribution in [3.63, 3.8) is 0 Å². The first-order chi connectivity index (χ1) is 9.40. The number of phenolic OH excluding ortho intramolecular Hbond substituents is 1. The molecule has 3 atom stereocenters. The molecule has 1 aromatic carbocycles. The molecule has 0 saturated heterocycles. The Bertz CT molecular complexity index is 459. The summed E-state index contributed by atoms with van der Waals surface area (Å²) in [4.78, 5) is 11.9. The van der Waals surface area contributed by atoms with Gasteiger partial charge in [-0.05, 0) is 31.4 Å². The highest BCUT2D eigenvalue weighted by Gasteiger charge is 2.27. The fraction of sp³-hybridized carbons (Fsp3) is 0.562. The Morgan fingerprint density at radius 1 is 1.40 bits per heavy atom. The number of ether oxygens (including phenoxy) is 1. The second-order valence-corrected chi connectivity index (χ2v) is 5.34. The molecule has 4 nitrogen and oxygen atoms in total. The molecule has 20 heavy (non-hydrogen) atoms. The SMILES string of the molecule is CCC(C)C(NC(C)c1ccc(C)cc1O)C(=O)OC. The minimum absolute atomic E-state index is 0.131. The number of hydrogen-bond donors (Lipinski definition) is 2. The number of benzene rings is 1.